The largest absolute Gasteiger partial charge is 0.416 e. The Morgan fingerprint density at radius 1 is 1.00 bits per heavy atom. The van der Waals surface area contributed by atoms with Crippen LogP contribution in [0.2, 0.25) is 0 Å². The van der Waals surface area contributed by atoms with Crippen molar-refractivity contribution in [2.75, 3.05) is 6.61 Å². The first-order valence-corrected chi connectivity index (χ1v) is 6.82. The van der Waals surface area contributed by atoms with Crippen LogP contribution in [-0.4, -0.2) is 57.7 Å². The standard InChI is InChI=1S/C14H17F3O6/c15-14(16,17)8-3-1-7(2-4-8)6-22-13-12(21)11(20)10(19)9(5-18)23-13/h1-4,9-13,18-21H,5-6H2/t9-,10-,11+,12-,13-/m1/s1. The summed E-state index contributed by atoms with van der Waals surface area (Å²) in [5.41, 5.74) is -0.399. The second kappa shape index (κ2) is 7.12. The van der Waals surface area contributed by atoms with Crippen molar-refractivity contribution in [3.05, 3.63) is 35.4 Å². The van der Waals surface area contributed by atoms with Gasteiger partial charge in [0.15, 0.2) is 6.29 Å². The zero-order valence-electron chi connectivity index (χ0n) is 11.8. The van der Waals surface area contributed by atoms with Gasteiger partial charge in [-0.2, -0.15) is 13.2 Å². The highest BCUT2D eigenvalue weighted by atomic mass is 19.4. The fourth-order valence-electron chi connectivity index (χ4n) is 2.17. The lowest BCUT2D eigenvalue weighted by atomic mass is 9.99. The van der Waals surface area contributed by atoms with E-state index in [0.717, 1.165) is 12.1 Å². The molecule has 0 amide bonds. The molecule has 0 aliphatic carbocycles. The molecule has 0 unspecified atom stereocenters. The molecule has 0 bridgehead atoms. The third kappa shape index (κ3) is 4.19. The van der Waals surface area contributed by atoms with Crippen LogP contribution in [0.1, 0.15) is 11.1 Å². The summed E-state index contributed by atoms with van der Waals surface area (Å²) in [6, 6.07) is 4.22. The third-order valence-corrected chi connectivity index (χ3v) is 3.54. The summed E-state index contributed by atoms with van der Waals surface area (Å²) in [4.78, 5) is 0. The molecule has 1 saturated heterocycles. The Morgan fingerprint density at radius 3 is 2.13 bits per heavy atom. The van der Waals surface area contributed by atoms with E-state index in [1.165, 1.54) is 12.1 Å². The van der Waals surface area contributed by atoms with E-state index in [1.807, 2.05) is 0 Å². The molecule has 130 valence electrons. The zero-order valence-corrected chi connectivity index (χ0v) is 11.8. The van der Waals surface area contributed by atoms with Crippen LogP contribution in [0.4, 0.5) is 13.2 Å². The van der Waals surface area contributed by atoms with Crippen molar-refractivity contribution in [2.45, 2.75) is 43.5 Å². The average Bonchev–Trinajstić information content (AvgIpc) is 2.51. The van der Waals surface area contributed by atoms with Crippen molar-refractivity contribution in [1.29, 1.82) is 0 Å². The van der Waals surface area contributed by atoms with Gasteiger partial charge in [0.1, 0.15) is 24.4 Å². The fourth-order valence-corrected chi connectivity index (χ4v) is 2.17. The molecule has 1 aromatic rings. The lowest BCUT2D eigenvalue weighted by molar-refractivity contribution is -0.304. The van der Waals surface area contributed by atoms with Crippen LogP contribution in [0.3, 0.4) is 0 Å². The van der Waals surface area contributed by atoms with Crippen LogP contribution in [0.15, 0.2) is 24.3 Å². The summed E-state index contributed by atoms with van der Waals surface area (Å²) in [6.07, 6.45) is -11.5. The van der Waals surface area contributed by atoms with E-state index in [-0.39, 0.29) is 6.61 Å². The van der Waals surface area contributed by atoms with E-state index < -0.39 is 49.1 Å². The lowest BCUT2D eigenvalue weighted by Crippen LogP contribution is -2.59. The summed E-state index contributed by atoms with van der Waals surface area (Å²) in [5, 5.41) is 38.0. The van der Waals surface area contributed by atoms with Crippen molar-refractivity contribution in [2.24, 2.45) is 0 Å². The highest BCUT2D eigenvalue weighted by Gasteiger charge is 2.44. The quantitative estimate of drug-likeness (QED) is 0.618. The van der Waals surface area contributed by atoms with Gasteiger partial charge in [0.05, 0.1) is 18.8 Å². The van der Waals surface area contributed by atoms with Crippen molar-refractivity contribution in [3.63, 3.8) is 0 Å². The van der Waals surface area contributed by atoms with Crippen molar-refractivity contribution in [1.82, 2.24) is 0 Å². The first kappa shape index (κ1) is 18.1. The second-order valence-corrected chi connectivity index (χ2v) is 5.20. The Kier molecular flexibility index (Phi) is 5.61. The number of ether oxygens (including phenoxy) is 2. The molecule has 2 rings (SSSR count). The van der Waals surface area contributed by atoms with E-state index in [4.69, 9.17) is 14.6 Å². The minimum Gasteiger partial charge on any atom is -0.394 e. The highest BCUT2D eigenvalue weighted by molar-refractivity contribution is 5.24. The van der Waals surface area contributed by atoms with Crippen molar-refractivity contribution >= 4 is 0 Å². The maximum Gasteiger partial charge on any atom is 0.416 e. The van der Waals surface area contributed by atoms with E-state index in [2.05, 4.69) is 0 Å². The van der Waals surface area contributed by atoms with Crippen LogP contribution >= 0.6 is 0 Å². The number of hydrogen-bond donors (Lipinski definition) is 4. The molecule has 9 heteroatoms. The molecule has 1 aliphatic rings. The Hall–Kier alpha value is -1.23. The normalized spacial score (nSPS) is 32.0. The smallest absolute Gasteiger partial charge is 0.394 e. The van der Waals surface area contributed by atoms with Gasteiger partial charge in [-0.05, 0) is 17.7 Å². The van der Waals surface area contributed by atoms with Gasteiger partial charge >= 0.3 is 6.18 Å². The number of aliphatic hydroxyl groups excluding tert-OH is 4. The molecule has 0 spiro atoms. The Morgan fingerprint density at radius 2 is 1.61 bits per heavy atom. The molecule has 0 aromatic heterocycles. The van der Waals surface area contributed by atoms with E-state index in [1.54, 1.807) is 0 Å². The van der Waals surface area contributed by atoms with Crippen LogP contribution in [-0.2, 0) is 22.3 Å². The summed E-state index contributed by atoms with van der Waals surface area (Å²) < 4.78 is 47.7. The molecule has 6 nitrogen and oxygen atoms in total. The predicted octanol–water partition coefficient (Wildman–Crippen LogP) is 0.0219. The van der Waals surface area contributed by atoms with Crippen LogP contribution < -0.4 is 0 Å². The Balaban J connectivity index is 1.97. The molecule has 1 fully saturated rings. The Bertz CT molecular complexity index is 504. The lowest BCUT2D eigenvalue weighted by Gasteiger charge is -2.39. The summed E-state index contributed by atoms with van der Waals surface area (Å²) in [5.74, 6) is 0. The molecule has 1 aromatic carbocycles. The molecule has 1 heterocycles. The fraction of sp³-hybridized carbons (Fsp3) is 0.571. The van der Waals surface area contributed by atoms with Crippen molar-refractivity contribution in [3.8, 4) is 0 Å². The van der Waals surface area contributed by atoms with Gasteiger partial charge < -0.3 is 29.9 Å². The van der Waals surface area contributed by atoms with E-state index in [0.29, 0.717) is 5.56 Å². The maximum atomic E-state index is 12.4. The average molecular weight is 338 g/mol. The number of rotatable bonds is 4. The summed E-state index contributed by atoms with van der Waals surface area (Å²) in [6.45, 7) is -0.772. The van der Waals surface area contributed by atoms with Crippen LogP contribution in [0.25, 0.3) is 0 Å². The predicted molar refractivity (Wildman–Crippen MR) is 70.0 cm³/mol. The van der Waals surface area contributed by atoms with Crippen LogP contribution in [0, 0.1) is 0 Å². The summed E-state index contributed by atoms with van der Waals surface area (Å²) >= 11 is 0. The zero-order chi connectivity index (χ0) is 17.2. The van der Waals surface area contributed by atoms with Gasteiger partial charge in [0, 0.05) is 0 Å². The monoisotopic (exact) mass is 338 g/mol. The molecular weight excluding hydrogens is 321 g/mol. The molecule has 4 N–H and O–H groups in total. The maximum absolute atomic E-state index is 12.4. The minimum atomic E-state index is -4.43. The van der Waals surface area contributed by atoms with E-state index >= 15 is 0 Å². The first-order chi connectivity index (χ1) is 10.7. The van der Waals surface area contributed by atoms with Gasteiger partial charge in [-0.25, -0.2) is 0 Å². The third-order valence-electron chi connectivity index (χ3n) is 3.54. The second-order valence-electron chi connectivity index (χ2n) is 5.20. The van der Waals surface area contributed by atoms with Gasteiger partial charge in [-0.15, -0.1) is 0 Å². The number of hydrogen-bond acceptors (Lipinski definition) is 6. The number of halogens is 3. The topological polar surface area (TPSA) is 99.4 Å². The van der Waals surface area contributed by atoms with Gasteiger partial charge in [-0.1, -0.05) is 12.1 Å². The van der Waals surface area contributed by atoms with Gasteiger partial charge in [0.25, 0.3) is 0 Å². The molecule has 5 atom stereocenters. The molecule has 0 saturated carbocycles. The van der Waals surface area contributed by atoms with Gasteiger partial charge in [-0.3, -0.25) is 0 Å². The molecule has 23 heavy (non-hydrogen) atoms. The van der Waals surface area contributed by atoms with Crippen molar-refractivity contribution < 1.29 is 43.1 Å². The molecule has 0 radical (unpaired) electrons. The summed E-state index contributed by atoms with van der Waals surface area (Å²) in [7, 11) is 0. The van der Waals surface area contributed by atoms with E-state index in [9.17, 15) is 28.5 Å². The number of benzene rings is 1. The first-order valence-electron chi connectivity index (χ1n) is 6.82. The van der Waals surface area contributed by atoms with Gasteiger partial charge in [0.2, 0.25) is 0 Å². The Labute approximate surface area is 129 Å². The number of aliphatic hydroxyl groups is 4. The molecular formula is C14H17F3O6. The SMILES string of the molecule is OC[C@H]1O[C@@H](OCc2ccc(C(F)(F)F)cc2)[C@H](O)[C@@H](O)[C@@H]1O. The number of alkyl halides is 3. The molecule has 1 aliphatic heterocycles. The minimum absolute atomic E-state index is 0.180. The highest BCUT2D eigenvalue weighted by Crippen LogP contribution is 2.29. The van der Waals surface area contributed by atoms with Crippen LogP contribution in [0.5, 0.6) is 0 Å².